The van der Waals surface area contributed by atoms with Gasteiger partial charge < -0.3 is 15.3 Å². The third-order valence-corrected chi connectivity index (χ3v) is 5.09. The summed E-state index contributed by atoms with van der Waals surface area (Å²) in [5.74, 6) is -0.998. The number of carbonyl (C=O) groups is 2. The number of thiophene rings is 1. The molecule has 0 bridgehead atoms. The fourth-order valence-corrected chi connectivity index (χ4v) is 3.99. The van der Waals surface area contributed by atoms with E-state index in [2.05, 4.69) is 5.32 Å². The number of carbonyl (C=O) groups excluding carboxylic acids is 1. The quantitative estimate of drug-likeness (QED) is 0.865. The molecule has 1 unspecified atom stereocenters. The highest BCUT2D eigenvalue weighted by molar-refractivity contribution is 7.10. The molecule has 2 atom stereocenters. The number of nitrogens with zero attached hydrogens (tertiary/aromatic N) is 1. The number of carboxylic acids is 1. The Balaban J connectivity index is 1.85. The minimum atomic E-state index is -0.937. The van der Waals surface area contributed by atoms with E-state index < -0.39 is 12.0 Å². The van der Waals surface area contributed by atoms with Crippen molar-refractivity contribution in [2.24, 2.45) is 0 Å². The van der Waals surface area contributed by atoms with Crippen molar-refractivity contribution in [1.29, 1.82) is 0 Å². The molecule has 0 spiro atoms. The molecule has 3 rings (SSSR count). The summed E-state index contributed by atoms with van der Waals surface area (Å²) in [4.78, 5) is 26.8. The molecular formula is C14H18N2O3S. The fourth-order valence-electron chi connectivity index (χ4n) is 3.08. The molecule has 2 N–H and O–H groups in total. The van der Waals surface area contributed by atoms with Crippen LogP contribution in [0.5, 0.6) is 0 Å². The van der Waals surface area contributed by atoms with Crippen LogP contribution in [0.1, 0.15) is 35.7 Å². The van der Waals surface area contributed by atoms with Crippen LogP contribution >= 0.6 is 11.3 Å². The SMILES string of the molecule is O=C(O)C1c2ccsc2CCN1C(=O)[C@H]1CCCCN1. The largest absolute Gasteiger partial charge is 0.479 e. The van der Waals surface area contributed by atoms with Crippen molar-refractivity contribution in [2.75, 3.05) is 13.1 Å². The smallest absolute Gasteiger partial charge is 0.331 e. The molecule has 1 amide bonds. The molecule has 20 heavy (non-hydrogen) atoms. The van der Waals surface area contributed by atoms with Gasteiger partial charge in [0.1, 0.15) is 0 Å². The van der Waals surface area contributed by atoms with Crippen LogP contribution in [0.25, 0.3) is 0 Å². The Morgan fingerprint density at radius 2 is 2.25 bits per heavy atom. The van der Waals surface area contributed by atoms with Crippen LogP contribution in [0.15, 0.2) is 11.4 Å². The lowest BCUT2D eigenvalue weighted by Gasteiger charge is -2.36. The zero-order valence-corrected chi connectivity index (χ0v) is 12.0. The third-order valence-electron chi connectivity index (χ3n) is 4.09. The van der Waals surface area contributed by atoms with Crippen LogP contribution in [-0.2, 0) is 16.0 Å². The monoisotopic (exact) mass is 294 g/mol. The predicted octanol–water partition coefficient (Wildman–Crippen LogP) is 1.40. The minimum Gasteiger partial charge on any atom is -0.479 e. The van der Waals surface area contributed by atoms with Crippen molar-refractivity contribution < 1.29 is 14.7 Å². The topological polar surface area (TPSA) is 69.6 Å². The van der Waals surface area contributed by atoms with Crippen LogP contribution in [0.4, 0.5) is 0 Å². The second-order valence-electron chi connectivity index (χ2n) is 5.32. The van der Waals surface area contributed by atoms with E-state index in [9.17, 15) is 14.7 Å². The number of hydrogen-bond acceptors (Lipinski definition) is 4. The first kappa shape index (κ1) is 13.6. The van der Waals surface area contributed by atoms with Gasteiger partial charge >= 0.3 is 5.97 Å². The number of carboxylic acid groups (broad SMARTS) is 1. The number of hydrogen-bond donors (Lipinski definition) is 2. The lowest BCUT2D eigenvalue weighted by atomic mass is 9.97. The first-order valence-electron chi connectivity index (χ1n) is 7.01. The average Bonchev–Trinajstić information content (AvgIpc) is 2.94. The minimum absolute atomic E-state index is 0.0612. The average molecular weight is 294 g/mol. The first-order chi connectivity index (χ1) is 9.68. The summed E-state index contributed by atoms with van der Waals surface area (Å²) in [5, 5.41) is 14.6. The maximum atomic E-state index is 12.6. The molecule has 1 aromatic heterocycles. The summed E-state index contributed by atoms with van der Waals surface area (Å²) in [5.41, 5.74) is 0.790. The maximum absolute atomic E-state index is 12.6. The Morgan fingerprint density at radius 1 is 1.40 bits per heavy atom. The van der Waals surface area contributed by atoms with Crippen molar-refractivity contribution in [3.63, 3.8) is 0 Å². The summed E-state index contributed by atoms with van der Waals surface area (Å²) in [7, 11) is 0. The van der Waals surface area contributed by atoms with Gasteiger partial charge in [-0.25, -0.2) is 4.79 Å². The molecule has 2 aliphatic heterocycles. The summed E-state index contributed by atoms with van der Waals surface area (Å²) < 4.78 is 0. The molecule has 3 heterocycles. The van der Waals surface area contributed by atoms with E-state index in [0.29, 0.717) is 6.54 Å². The molecule has 1 fully saturated rings. The van der Waals surface area contributed by atoms with Crippen molar-refractivity contribution >= 4 is 23.2 Å². The highest BCUT2D eigenvalue weighted by Crippen LogP contribution is 2.34. The Kier molecular flexibility index (Phi) is 3.76. The molecule has 6 heteroatoms. The molecule has 5 nitrogen and oxygen atoms in total. The van der Waals surface area contributed by atoms with E-state index in [1.54, 1.807) is 16.2 Å². The van der Waals surface area contributed by atoms with Gasteiger partial charge in [0.05, 0.1) is 6.04 Å². The molecule has 0 radical (unpaired) electrons. The van der Waals surface area contributed by atoms with Crippen molar-refractivity contribution in [3.05, 3.63) is 21.9 Å². The summed E-state index contributed by atoms with van der Waals surface area (Å²) in [6.45, 7) is 1.34. The van der Waals surface area contributed by atoms with Gasteiger partial charge in [0, 0.05) is 11.4 Å². The number of fused-ring (bicyclic) bond motifs is 1. The normalized spacial score (nSPS) is 26.1. The molecular weight excluding hydrogens is 276 g/mol. The number of amides is 1. The summed E-state index contributed by atoms with van der Waals surface area (Å²) in [6, 6.07) is 0.805. The van der Waals surface area contributed by atoms with E-state index in [0.717, 1.165) is 42.7 Å². The van der Waals surface area contributed by atoms with Crippen molar-refractivity contribution in [2.45, 2.75) is 37.8 Å². The highest BCUT2D eigenvalue weighted by Gasteiger charge is 2.39. The van der Waals surface area contributed by atoms with Gasteiger partial charge in [-0.2, -0.15) is 0 Å². The zero-order valence-electron chi connectivity index (χ0n) is 11.2. The van der Waals surface area contributed by atoms with Gasteiger partial charge in [0.25, 0.3) is 0 Å². The Morgan fingerprint density at radius 3 is 2.95 bits per heavy atom. The predicted molar refractivity (Wildman–Crippen MR) is 75.8 cm³/mol. The number of nitrogens with one attached hydrogen (secondary N) is 1. The standard InChI is InChI=1S/C14H18N2O3S/c17-13(10-3-1-2-6-15-10)16-7-4-11-9(5-8-20-11)12(16)14(18)19/h5,8,10,12,15H,1-4,6-7H2,(H,18,19)/t10-,12?/m1/s1. The van der Waals surface area contributed by atoms with Crippen molar-refractivity contribution in [3.8, 4) is 0 Å². The molecule has 0 aromatic carbocycles. The van der Waals surface area contributed by atoms with E-state index >= 15 is 0 Å². The van der Waals surface area contributed by atoms with E-state index in [1.165, 1.54) is 0 Å². The first-order valence-corrected chi connectivity index (χ1v) is 7.89. The third kappa shape index (κ3) is 2.33. The molecule has 2 aliphatic rings. The van der Waals surface area contributed by atoms with E-state index in [4.69, 9.17) is 0 Å². The van der Waals surface area contributed by atoms with Crippen LogP contribution in [-0.4, -0.2) is 41.0 Å². The number of rotatable bonds is 2. The van der Waals surface area contributed by atoms with Gasteiger partial charge in [0.15, 0.2) is 6.04 Å². The molecule has 1 aromatic rings. The van der Waals surface area contributed by atoms with Gasteiger partial charge in [-0.05, 0) is 42.8 Å². The van der Waals surface area contributed by atoms with Crippen LogP contribution in [0.3, 0.4) is 0 Å². The Hall–Kier alpha value is -1.40. The van der Waals surface area contributed by atoms with Gasteiger partial charge in [-0.3, -0.25) is 4.79 Å². The summed E-state index contributed by atoms with van der Waals surface area (Å²) >= 11 is 1.58. The Bertz CT molecular complexity index is 522. The second-order valence-corrected chi connectivity index (χ2v) is 6.32. The fraction of sp³-hybridized carbons (Fsp3) is 0.571. The highest BCUT2D eigenvalue weighted by atomic mass is 32.1. The Labute approximate surface area is 121 Å². The molecule has 0 aliphatic carbocycles. The van der Waals surface area contributed by atoms with Gasteiger partial charge in [0.2, 0.25) is 5.91 Å². The lowest BCUT2D eigenvalue weighted by Crippen LogP contribution is -2.52. The maximum Gasteiger partial charge on any atom is 0.331 e. The van der Waals surface area contributed by atoms with Gasteiger partial charge in [-0.15, -0.1) is 11.3 Å². The zero-order chi connectivity index (χ0) is 14.1. The van der Waals surface area contributed by atoms with Gasteiger partial charge in [-0.1, -0.05) is 6.42 Å². The lowest BCUT2D eigenvalue weighted by molar-refractivity contribution is -0.152. The molecule has 0 saturated carbocycles. The van der Waals surface area contributed by atoms with E-state index in [1.807, 2.05) is 11.4 Å². The summed E-state index contributed by atoms with van der Waals surface area (Å²) in [6.07, 6.45) is 3.67. The molecule has 1 saturated heterocycles. The van der Waals surface area contributed by atoms with Crippen molar-refractivity contribution in [1.82, 2.24) is 10.2 Å². The van der Waals surface area contributed by atoms with E-state index in [-0.39, 0.29) is 11.9 Å². The van der Waals surface area contributed by atoms with Crippen LogP contribution in [0.2, 0.25) is 0 Å². The number of piperidine rings is 1. The van der Waals surface area contributed by atoms with Crippen LogP contribution in [0, 0.1) is 0 Å². The van der Waals surface area contributed by atoms with Crippen LogP contribution < -0.4 is 5.32 Å². The second kappa shape index (κ2) is 5.54. The number of aliphatic carboxylic acids is 1. The molecule has 108 valence electrons.